The first-order valence-electron chi connectivity index (χ1n) is 7.92. The van der Waals surface area contributed by atoms with Gasteiger partial charge in [0.05, 0.1) is 6.04 Å². The monoisotopic (exact) mass is 345 g/mol. The molecule has 0 aliphatic heterocycles. The lowest BCUT2D eigenvalue weighted by molar-refractivity contribution is 0.130. The van der Waals surface area contributed by atoms with Crippen molar-refractivity contribution in [1.82, 2.24) is 15.0 Å². The lowest BCUT2D eigenvalue weighted by atomic mass is 9.96. The Morgan fingerprint density at radius 1 is 1.08 bits per heavy atom. The van der Waals surface area contributed by atoms with Crippen molar-refractivity contribution in [2.75, 3.05) is 10.6 Å². The first-order chi connectivity index (χ1) is 11.3. The van der Waals surface area contributed by atoms with E-state index >= 15 is 0 Å². The average Bonchev–Trinajstić information content (AvgIpc) is 2.48. The molecule has 0 aromatic carbocycles. The number of hydrogen-bond donors (Lipinski definition) is 3. The second-order valence-corrected chi connectivity index (χ2v) is 6.11. The molecule has 1 aliphatic rings. The molecule has 0 saturated carbocycles. The molecule has 0 saturated heterocycles. The fourth-order valence-corrected chi connectivity index (χ4v) is 2.30. The molecule has 0 amide bonds. The Hall–Kier alpha value is -1.90. The fourth-order valence-electron chi connectivity index (χ4n) is 2.30. The summed E-state index contributed by atoms with van der Waals surface area (Å²) < 4.78 is 39.7. The summed E-state index contributed by atoms with van der Waals surface area (Å²) in [5.41, 5.74) is 0.190. The molecule has 2 unspecified atom stereocenters. The zero-order valence-corrected chi connectivity index (χ0v) is 13.9. The molecule has 1 aromatic heterocycles. The van der Waals surface area contributed by atoms with E-state index in [9.17, 15) is 18.3 Å². The lowest BCUT2D eigenvalue weighted by Crippen LogP contribution is -2.26. The molecule has 134 valence electrons. The van der Waals surface area contributed by atoms with Gasteiger partial charge >= 0.3 is 0 Å². The molecule has 1 aromatic rings. The number of allylic oxidation sites excluding steroid dienone is 1. The third kappa shape index (κ3) is 4.56. The minimum Gasteiger partial charge on any atom is -0.386 e. The summed E-state index contributed by atoms with van der Waals surface area (Å²) in [5.74, 6) is -0.514. The Morgan fingerprint density at radius 2 is 1.71 bits per heavy atom. The molecule has 24 heavy (non-hydrogen) atoms. The number of aliphatic hydroxyl groups is 1. The van der Waals surface area contributed by atoms with Crippen LogP contribution in [0.1, 0.15) is 45.9 Å². The minimum atomic E-state index is -2.60. The van der Waals surface area contributed by atoms with Crippen molar-refractivity contribution in [1.29, 1.82) is 0 Å². The quantitative estimate of drug-likeness (QED) is 0.735. The highest BCUT2D eigenvalue weighted by atomic mass is 19.3. The SMILES string of the molecule is CC(C)Nc1nc(NC(C)C(F)F)nc(C2=C(F)C(O)CCC2)n1. The summed E-state index contributed by atoms with van der Waals surface area (Å²) in [6.45, 7) is 5.03. The van der Waals surface area contributed by atoms with Crippen LogP contribution in [0.4, 0.5) is 25.1 Å². The molecule has 2 atom stereocenters. The third-order valence-corrected chi connectivity index (χ3v) is 3.54. The van der Waals surface area contributed by atoms with Crippen molar-refractivity contribution in [2.24, 2.45) is 0 Å². The Morgan fingerprint density at radius 3 is 2.29 bits per heavy atom. The summed E-state index contributed by atoms with van der Waals surface area (Å²) in [7, 11) is 0. The molecule has 0 fully saturated rings. The summed E-state index contributed by atoms with van der Waals surface area (Å²) in [6, 6.07) is -1.17. The van der Waals surface area contributed by atoms with Gasteiger partial charge in [-0.05, 0) is 40.0 Å². The average molecular weight is 345 g/mol. The molecule has 0 bridgehead atoms. The van der Waals surface area contributed by atoms with E-state index in [1.54, 1.807) is 0 Å². The van der Waals surface area contributed by atoms with Crippen molar-refractivity contribution in [3.05, 3.63) is 11.7 Å². The minimum absolute atomic E-state index is 0.00334. The summed E-state index contributed by atoms with van der Waals surface area (Å²) in [4.78, 5) is 12.3. The van der Waals surface area contributed by atoms with Gasteiger partial charge in [0.15, 0.2) is 5.82 Å². The number of aliphatic hydroxyl groups excluding tert-OH is 1. The molecule has 2 rings (SSSR count). The molecule has 3 N–H and O–H groups in total. The normalized spacial score (nSPS) is 19.8. The zero-order valence-electron chi connectivity index (χ0n) is 13.9. The van der Waals surface area contributed by atoms with E-state index in [4.69, 9.17) is 0 Å². The predicted octanol–water partition coefficient (Wildman–Crippen LogP) is 2.98. The number of nitrogens with one attached hydrogen (secondary N) is 2. The van der Waals surface area contributed by atoms with Gasteiger partial charge < -0.3 is 15.7 Å². The van der Waals surface area contributed by atoms with Crippen molar-refractivity contribution in [3.63, 3.8) is 0 Å². The molecule has 1 aliphatic carbocycles. The van der Waals surface area contributed by atoms with Crippen LogP contribution in [-0.4, -0.2) is 44.7 Å². The van der Waals surface area contributed by atoms with E-state index in [1.165, 1.54) is 6.92 Å². The van der Waals surface area contributed by atoms with Crippen molar-refractivity contribution in [2.45, 2.75) is 64.6 Å². The maximum atomic E-state index is 14.2. The first-order valence-corrected chi connectivity index (χ1v) is 7.92. The van der Waals surface area contributed by atoms with E-state index in [0.29, 0.717) is 19.3 Å². The summed E-state index contributed by atoms with van der Waals surface area (Å²) in [6.07, 6.45) is -2.47. The number of halogens is 3. The van der Waals surface area contributed by atoms with Crippen LogP contribution in [0.25, 0.3) is 5.57 Å². The number of rotatable bonds is 6. The van der Waals surface area contributed by atoms with Gasteiger partial charge in [-0.2, -0.15) is 15.0 Å². The fraction of sp³-hybridized carbons (Fsp3) is 0.667. The largest absolute Gasteiger partial charge is 0.386 e. The second kappa shape index (κ2) is 7.78. The van der Waals surface area contributed by atoms with E-state index in [0.717, 1.165) is 0 Å². The van der Waals surface area contributed by atoms with Crippen molar-refractivity contribution < 1.29 is 18.3 Å². The maximum absolute atomic E-state index is 14.2. The number of nitrogens with zero attached hydrogens (tertiary/aromatic N) is 3. The van der Waals surface area contributed by atoms with Crippen LogP contribution >= 0.6 is 0 Å². The van der Waals surface area contributed by atoms with Gasteiger partial charge in [-0.3, -0.25) is 0 Å². The molecule has 0 radical (unpaired) electrons. The van der Waals surface area contributed by atoms with E-state index in [-0.39, 0.29) is 29.3 Å². The summed E-state index contributed by atoms with van der Waals surface area (Å²) >= 11 is 0. The molecule has 1 heterocycles. The van der Waals surface area contributed by atoms with Gasteiger partial charge in [-0.25, -0.2) is 13.2 Å². The Balaban J connectivity index is 2.41. The first kappa shape index (κ1) is 18.4. The highest BCUT2D eigenvalue weighted by molar-refractivity contribution is 5.65. The standard InChI is InChI=1S/C15H22F3N5O/c1-7(2)19-14-21-13(9-5-4-6-10(24)11(9)16)22-15(23-14)20-8(3)12(17)18/h7-8,10,12,24H,4-6H2,1-3H3,(H2,19,20,21,22,23). The lowest BCUT2D eigenvalue weighted by Gasteiger charge is -2.20. The van der Waals surface area contributed by atoms with E-state index in [2.05, 4.69) is 25.6 Å². The molecule has 6 nitrogen and oxygen atoms in total. The third-order valence-electron chi connectivity index (χ3n) is 3.54. The highest BCUT2D eigenvalue weighted by Gasteiger charge is 2.25. The van der Waals surface area contributed by atoms with Gasteiger partial charge in [-0.1, -0.05) is 0 Å². The van der Waals surface area contributed by atoms with E-state index in [1.807, 2.05) is 13.8 Å². The van der Waals surface area contributed by atoms with E-state index < -0.39 is 24.4 Å². The van der Waals surface area contributed by atoms with Gasteiger partial charge in [0.1, 0.15) is 11.9 Å². The molecule has 9 heteroatoms. The zero-order chi connectivity index (χ0) is 17.9. The predicted molar refractivity (Wildman–Crippen MR) is 85.6 cm³/mol. The van der Waals surface area contributed by atoms with Crippen LogP contribution < -0.4 is 10.6 Å². The Labute approximate surface area is 138 Å². The second-order valence-electron chi connectivity index (χ2n) is 6.11. The van der Waals surface area contributed by atoms with Crippen LogP contribution in [0.15, 0.2) is 5.83 Å². The van der Waals surface area contributed by atoms with Gasteiger partial charge in [0.2, 0.25) is 11.9 Å². The van der Waals surface area contributed by atoms with Crippen LogP contribution in [0, 0.1) is 0 Å². The smallest absolute Gasteiger partial charge is 0.258 e. The van der Waals surface area contributed by atoms with Crippen LogP contribution in [0.2, 0.25) is 0 Å². The van der Waals surface area contributed by atoms with Crippen molar-refractivity contribution in [3.8, 4) is 0 Å². The number of aromatic nitrogens is 3. The molecule has 0 spiro atoms. The maximum Gasteiger partial charge on any atom is 0.258 e. The van der Waals surface area contributed by atoms with Crippen molar-refractivity contribution >= 4 is 17.5 Å². The number of anilines is 2. The Bertz CT molecular complexity index is 609. The van der Waals surface area contributed by atoms with Crippen LogP contribution in [-0.2, 0) is 0 Å². The molecular weight excluding hydrogens is 323 g/mol. The number of alkyl halides is 2. The molecular formula is C15H22F3N5O. The van der Waals surface area contributed by atoms with Gasteiger partial charge in [-0.15, -0.1) is 0 Å². The van der Waals surface area contributed by atoms with Gasteiger partial charge in [0, 0.05) is 11.6 Å². The number of hydrogen-bond acceptors (Lipinski definition) is 6. The Kier molecular flexibility index (Phi) is 5.98. The topological polar surface area (TPSA) is 83.0 Å². The summed E-state index contributed by atoms with van der Waals surface area (Å²) in [5, 5.41) is 15.1. The van der Waals surface area contributed by atoms with Crippen LogP contribution in [0.3, 0.4) is 0 Å². The van der Waals surface area contributed by atoms with Crippen LogP contribution in [0.5, 0.6) is 0 Å². The van der Waals surface area contributed by atoms with Gasteiger partial charge in [0.25, 0.3) is 6.43 Å². The highest BCUT2D eigenvalue weighted by Crippen LogP contribution is 2.32.